The molecule has 1 aliphatic heterocycles. The van der Waals surface area contributed by atoms with Crippen LogP contribution in [0.1, 0.15) is 13.8 Å². The fraction of sp³-hybridized carbons (Fsp3) is 0.500. The molecule has 0 saturated carbocycles. The molecule has 138 valence electrons. The Morgan fingerprint density at radius 1 is 1.08 bits per heavy atom. The smallest absolute Gasteiger partial charge is 0.428 e. The van der Waals surface area contributed by atoms with Crippen molar-refractivity contribution < 1.29 is 19.1 Å². The lowest BCUT2D eigenvalue weighted by molar-refractivity contribution is -0.0330. The topological polar surface area (TPSA) is 59.1 Å². The Hall–Kier alpha value is -1.31. The first-order chi connectivity index (χ1) is 12.0. The summed E-state index contributed by atoms with van der Waals surface area (Å²) in [6.07, 6.45) is -1.21. The van der Waals surface area contributed by atoms with E-state index < -0.39 is 12.2 Å². The lowest BCUT2D eigenvalue weighted by Crippen LogP contribution is -2.60. The number of nitrogens with zero attached hydrogens (tertiary/aromatic N) is 2. The van der Waals surface area contributed by atoms with E-state index in [-0.39, 0.29) is 36.9 Å². The van der Waals surface area contributed by atoms with Gasteiger partial charge in [0.15, 0.2) is 0 Å². The quantitative estimate of drug-likeness (QED) is 0.699. The molecule has 1 saturated heterocycles. The van der Waals surface area contributed by atoms with Crippen LogP contribution in [0.2, 0.25) is 5.02 Å². The van der Waals surface area contributed by atoms with E-state index in [0.717, 1.165) is 4.90 Å². The zero-order chi connectivity index (χ0) is 18.4. The fourth-order valence-corrected chi connectivity index (χ4v) is 3.89. The van der Waals surface area contributed by atoms with Crippen molar-refractivity contribution in [2.45, 2.75) is 29.4 Å². The summed E-state index contributed by atoms with van der Waals surface area (Å²) >= 11 is 13.9. The SMILES string of the molecule is CCOC(=O)N1C[C@@H](Cl)[C@@H](Sc2ccc(Cl)cc2)CN1C(=O)OCC. The molecule has 0 N–H and O–H groups in total. The minimum absolute atomic E-state index is 0.113. The summed E-state index contributed by atoms with van der Waals surface area (Å²) in [4.78, 5) is 25.4. The van der Waals surface area contributed by atoms with Gasteiger partial charge in [0, 0.05) is 15.2 Å². The predicted molar refractivity (Wildman–Crippen MR) is 98.2 cm³/mol. The van der Waals surface area contributed by atoms with Crippen molar-refractivity contribution in [1.29, 1.82) is 0 Å². The van der Waals surface area contributed by atoms with Gasteiger partial charge in [-0.3, -0.25) is 0 Å². The third-order valence-electron chi connectivity index (χ3n) is 3.45. The largest absolute Gasteiger partial charge is 0.448 e. The Morgan fingerprint density at radius 2 is 1.60 bits per heavy atom. The average Bonchev–Trinajstić information content (AvgIpc) is 2.58. The summed E-state index contributed by atoms with van der Waals surface area (Å²) in [7, 11) is 0. The van der Waals surface area contributed by atoms with Crippen molar-refractivity contribution >= 4 is 47.2 Å². The first kappa shape index (κ1) is 20.0. The minimum Gasteiger partial charge on any atom is -0.448 e. The molecule has 2 amide bonds. The van der Waals surface area contributed by atoms with Crippen LogP contribution < -0.4 is 0 Å². The zero-order valence-corrected chi connectivity index (χ0v) is 16.3. The average molecular weight is 407 g/mol. The number of hydrazine groups is 1. The van der Waals surface area contributed by atoms with E-state index in [1.807, 2.05) is 12.1 Å². The highest BCUT2D eigenvalue weighted by Crippen LogP contribution is 2.33. The van der Waals surface area contributed by atoms with Crippen molar-refractivity contribution in [2.24, 2.45) is 0 Å². The van der Waals surface area contributed by atoms with Crippen LogP contribution in [-0.2, 0) is 9.47 Å². The maximum Gasteiger partial charge on any atom is 0.428 e. The van der Waals surface area contributed by atoms with Gasteiger partial charge in [0.2, 0.25) is 0 Å². The third kappa shape index (κ3) is 5.33. The molecule has 0 aromatic heterocycles. The van der Waals surface area contributed by atoms with Crippen LogP contribution in [0, 0.1) is 0 Å². The summed E-state index contributed by atoms with van der Waals surface area (Å²) in [5.74, 6) is 0. The summed E-state index contributed by atoms with van der Waals surface area (Å²) < 4.78 is 10.1. The van der Waals surface area contributed by atoms with Crippen molar-refractivity contribution in [3.63, 3.8) is 0 Å². The molecule has 1 heterocycles. The van der Waals surface area contributed by atoms with E-state index in [4.69, 9.17) is 32.7 Å². The first-order valence-corrected chi connectivity index (χ1v) is 9.60. The highest BCUT2D eigenvalue weighted by Gasteiger charge is 2.40. The van der Waals surface area contributed by atoms with Crippen molar-refractivity contribution in [3.8, 4) is 0 Å². The molecule has 2 rings (SSSR count). The van der Waals surface area contributed by atoms with Crippen LogP contribution in [-0.4, -0.2) is 59.1 Å². The summed E-state index contributed by atoms with van der Waals surface area (Å²) in [6, 6.07) is 7.38. The van der Waals surface area contributed by atoms with E-state index >= 15 is 0 Å². The Kier molecular flexibility index (Phi) is 7.53. The Labute approximate surface area is 161 Å². The van der Waals surface area contributed by atoms with Gasteiger partial charge in [-0.1, -0.05) is 11.6 Å². The van der Waals surface area contributed by atoms with E-state index in [9.17, 15) is 9.59 Å². The molecule has 1 aromatic carbocycles. The van der Waals surface area contributed by atoms with Crippen LogP contribution in [0.25, 0.3) is 0 Å². The summed E-state index contributed by atoms with van der Waals surface area (Å²) in [5.41, 5.74) is 0. The molecule has 0 aliphatic carbocycles. The number of thioether (sulfide) groups is 1. The van der Waals surface area contributed by atoms with Gasteiger partial charge in [-0.25, -0.2) is 19.6 Å². The second kappa shape index (κ2) is 9.40. The summed E-state index contributed by atoms with van der Waals surface area (Å²) in [5, 5.41) is 2.65. The first-order valence-electron chi connectivity index (χ1n) is 7.91. The molecule has 1 aliphatic rings. The number of amides is 2. The second-order valence-corrected chi connectivity index (χ2v) is 7.50. The van der Waals surface area contributed by atoms with Gasteiger partial charge in [0.1, 0.15) is 0 Å². The van der Waals surface area contributed by atoms with Gasteiger partial charge < -0.3 is 9.47 Å². The molecule has 0 bridgehead atoms. The van der Waals surface area contributed by atoms with Gasteiger partial charge >= 0.3 is 12.2 Å². The molecule has 0 unspecified atom stereocenters. The number of hydrogen-bond acceptors (Lipinski definition) is 5. The van der Waals surface area contributed by atoms with E-state index in [1.165, 1.54) is 21.8 Å². The number of rotatable bonds is 4. The monoisotopic (exact) mass is 406 g/mol. The molecular weight excluding hydrogens is 387 g/mol. The second-order valence-electron chi connectivity index (χ2n) is 5.19. The molecule has 0 spiro atoms. The maximum absolute atomic E-state index is 12.3. The van der Waals surface area contributed by atoms with Crippen molar-refractivity contribution in [2.75, 3.05) is 26.3 Å². The molecule has 1 aromatic rings. The fourth-order valence-electron chi connectivity index (χ4n) is 2.31. The summed E-state index contributed by atoms with van der Waals surface area (Å²) in [6.45, 7) is 4.23. The molecule has 1 fully saturated rings. The highest BCUT2D eigenvalue weighted by atomic mass is 35.5. The van der Waals surface area contributed by atoms with E-state index in [0.29, 0.717) is 5.02 Å². The number of ether oxygens (including phenoxy) is 2. The standard InChI is InChI=1S/C16H20Cl2N2O4S/c1-3-23-15(21)19-9-13(18)14(10-20(19)16(22)24-4-2)25-12-7-5-11(17)6-8-12/h5-8,13-14H,3-4,9-10H2,1-2H3/t13-,14+/m1/s1. The van der Waals surface area contributed by atoms with Crippen molar-refractivity contribution in [3.05, 3.63) is 29.3 Å². The van der Waals surface area contributed by atoms with Crippen LogP contribution in [0.3, 0.4) is 0 Å². The van der Waals surface area contributed by atoms with Gasteiger partial charge in [0.05, 0.1) is 31.7 Å². The molecule has 0 radical (unpaired) electrons. The normalized spacial score (nSPS) is 20.3. The number of benzene rings is 1. The minimum atomic E-state index is -0.615. The zero-order valence-electron chi connectivity index (χ0n) is 14.0. The third-order valence-corrected chi connectivity index (χ3v) is 5.62. The Balaban J connectivity index is 2.14. The van der Waals surface area contributed by atoms with Crippen LogP contribution in [0.5, 0.6) is 0 Å². The molecule has 9 heteroatoms. The van der Waals surface area contributed by atoms with Gasteiger partial charge in [-0.05, 0) is 38.1 Å². The van der Waals surface area contributed by atoms with E-state index in [2.05, 4.69) is 0 Å². The predicted octanol–water partition coefficient (Wildman–Crippen LogP) is 4.25. The van der Waals surface area contributed by atoms with Gasteiger partial charge in [0.25, 0.3) is 0 Å². The van der Waals surface area contributed by atoms with Gasteiger partial charge in [-0.15, -0.1) is 23.4 Å². The van der Waals surface area contributed by atoms with Crippen LogP contribution >= 0.6 is 35.0 Å². The number of halogens is 2. The number of hydrogen-bond donors (Lipinski definition) is 0. The van der Waals surface area contributed by atoms with Gasteiger partial charge in [-0.2, -0.15) is 0 Å². The van der Waals surface area contributed by atoms with E-state index in [1.54, 1.807) is 26.0 Å². The highest BCUT2D eigenvalue weighted by molar-refractivity contribution is 8.00. The Morgan fingerprint density at radius 3 is 2.12 bits per heavy atom. The molecular formula is C16H20Cl2N2O4S. The van der Waals surface area contributed by atoms with Crippen LogP contribution in [0.15, 0.2) is 29.2 Å². The number of alkyl halides is 1. The molecule has 25 heavy (non-hydrogen) atoms. The lowest BCUT2D eigenvalue weighted by atomic mass is 10.2. The molecule has 6 nitrogen and oxygen atoms in total. The maximum atomic E-state index is 12.3. The van der Waals surface area contributed by atoms with Crippen LogP contribution in [0.4, 0.5) is 9.59 Å². The van der Waals surface area contributed by atoms with Crippen molar-refractivity contribution in [1.82, 2.24) is 10.0 Å². The Bertz CT molecular complexity index is 602. The number of carbonyl (C=O) groups excluding carboxylic acids is 2. The lowest BCUT2D eigenvalue weighted by Gasteiger charge is -2.42. The molecule has 2 atom stereocenters. The number of carbonyl (C=O) groups is 2.